The van der Waals surface area contributed by atoms with E-state index >= 15 is 0 Å². The molecule has 0 fully saturated rings. The summed E-state index contributed by atoms with van der Waals surface area (Å²) in [6.45, 7) is 5.39. The number of nitrogens with one attached hydrogen (secondary N) is 2. The molecule has 0 aliphatic carbocycles. The first-order chi connectivity index (χ1) is 14.1. The van der Waals surface area contributed by atoms with Gasteiger partial charge < -0.3 is 14.7 Å². The highest BCUT2D eigenvalue weighted by molar-refractivity contribution is 7.99. The summed E-state index contributed by atoms with van der Waals surface area (Å²) >= 11 is 1.23. The molecular formula is C20H22N6O2S. The molecule has 9 heteroatoms. The number of fused-ring (bicyclic) bond motifs is 1. The van der Waals surface area contributed by atoms with Gasteiger partial charge in [-0.15, -0.1) is 10.2 Å². The minimum atomic E-state index is -0.0600. The van der Waals surface area contributed by atoms with Crippen LogP contribution in [0.5, 0.6) is 0 Å². The van der Waals surface area contributed by atoms with E-state index in [1.54, 1.807) is 0 Å². The number of H-pyrrole nitrogens is 1. The van der Waals surface area contributed by atoms with E-state index in [4.69, 9.17) is 4.42 Å². The second kappa shape index (κ2) is 8.52. The molecular weight excluding hydrogens is 388 g/mol. The number of hydrogen-bond acceptors (Lipinski definition) is 6. The molecule has 4 rings (SSSR count). The van der Waals surface area contributed by atoms with Crippen molar-refractivity contribution in [2.24, 2.45) is 0 Å². The highest BCUT2D eigenvalue weighted by atomic mass is 32.2. The monoisotopic (exact) mass is 410 g/mol. The number of nitrogens with zero attached hydrogens (tertiary/aromatic N) is 4. The van der Waals surface area contributed by atoms with Gasteiger partial charge in [0.2, 0.25) is 5.91 Å². The third-order valence-corrected chi connectivity index (χ3v) is 5.34. The molecule has 3 aromatic heterocycles. The van der Waals surface area contributed by atoms with Gasteiger partial charge in [-0.25, -0.2) is 0 Å². The predicted molar refractivity (Wildman–Crippen MR) is 112 cm³/mol. The molecule has 0 atom stereocenters. The van der Waals surface area contributed by atoms with Crippen LogP contribution in [-0.4, -0.2) is 43.2 Å². The van der Waals surface area contributed by atoms with E-state index < -0.39 is 0 Å². The van der Waals surface area contributed by atoms with Gasteiger partial charge in [-0.2, -0.15) is 5.10 Å². The summed E-state index contributed by atoms with van der Waals surface area (Å²) in [5.41, 5.74) is 4.00. The van der Waals surface area contributed by atoms with Crippen LogP contribution in [0, 0.1) is 13.8 Å². The SMILES string of the molecule is Cc1cc(C)n(CCCNC(=O)CSc2nnc(-c3c[nH]c4ccccc34)o2)n1. The number of hydrogen-bond donors (Lipinski definition) is 2. The topological polar surface area (TPSA) is 102 Å². The molecule has 0 saturated heterocycles. The van der Waals surface area contributed by atoms with Gasteiger partial charge in [-0.3, -0.25) is 9.48 Å². The standard InChI is InChI=1S/C20H22N6O2S/c1-13-10-14(2)26(25-13)9-5-8-21-18(27)12-29-20-24-23-19(28-20)16-11-22-17-7-4-3-6-15(16)17/h3-4,6-7,10-11,22H,5,8-9,12H2,1-2H3,(H,21,27). The lowest BCUT2D eigenvalue weighted by Crippen LogP contribution is -2.27. The molecule has 0 bridgehead atoms. The number of carbonyl (C=O) groups excluding carboxylic acids is 1. The number of carbonyl (C=O) groups is 1. The van der Waals surface area contributed by atoms with E-state index in [1.807, 2.05) is 55.1 Å². The number of rotatable bonds is 8. The van der Waals surface area contributed by atoms with Crippen molar-refractivity contribution in [2.75, 3.05) is 12.3 Å². The Kier molecular flexibility index (Phi) is 5.66. The Morgan fingerprint density at radius 2 is 2.14 bits per heavy atom. The quantitative estimate of drug-likeness (QED) is 0.341. The van der Waals surface area contributed by atoms with Crippen LogP contribution >= 0.6 is 11.8 Å². The Morgan fingerprint density at radius 1 is 1.28 bits per heavy atom. The predicted octanol–water partition coefficient (Wildman–Crippen LogP) is 3.33. The zero-order valence-electron chi connectivity index (χ0n) is 16.3. The van der Waals surface area contributed by atoms with Crippen molar-refractivity contribution in [2.45, 2.75) is 32.0 Å². The summed E-state index contributed by atoms with van der Waals surface area (Å²) in [5, 5.41) is 16.9. The average molecular weight is 411 g/mol. The normalized spacial score (nSPS) is 11.2. The Balaban J connectivity index is 1.24. The zero-order valence-corrected chi connectivity index (χ0v) is 17.1. The van der Waals surface area contributed by atoms with E-state index in [0.717, 1.165) is 40.8 Å². The molecule has 0 aliphatic rings. The Bertz CT molecular complexity index is 1130. The first-order valence-corrected chi connectivity index (χ1v) is 10.4. The maximum atomic E-state index is 12.1. The van der Waals surface area contributed by atoms with Gasteiger partial charge in [-0.1, -0.05) is 30.0 Å². The van der Waals surface area contributed by atoms with Gasteiger partial charge in [0.15, 0.2) is 0 Å². The van der Waals surface area contributed by atoms with Crippen LogP contribution in [0.1, 0.15) is 17.8 Å². The molecule has 1 amide bonds. The van der Waals surface area contributed by atoms with Gasteiger partial charge in [0, 0.05) is 35.9 Å². The van der Waals surface area contributed by atoms with Crippen LogP contribution in [0.4, 0.5) is 0 Å². The largest absolute Gasteiger partial charge is 0.411 e. The Labute approximate surface area is 172 Å². The van der Waals surface area contributed by atoms with Crippen molar-refractivity contribution in [3.8, 4) is 11.5 Å². The van der Waals surface area contributed by atoms with Crippen molar-refractivity contribution in [1.82, 2.24) is 30.3 Å². The summed E-state index contributed by atoms with van der Waals surface area (Å²) in [6, 6.07) is 9.96. The van der Waals surface area contributed by atoms with Gasteiger partial charge in [0.1, 0.15) is 0 Å². The number of para-hydroxylation sites is 1. The molecule has 2 N–H and O–H groups in total. The summed E-state index contributed by atoms with van der Waals surface area (Å²) in [7, 11) is 0. The second-order valence-corrected chi connectivity index (χ2v) is 7.69. The summed E-state index contributed by atoms with van der Waals surface area (Å²) in [4.78, 5) is 15.2. The van der Waals surface area contributed by atoms with Gasteiger partial charge in [0.05, 0.1) is 17.0 Å². The summed E-state index contributed by atoms with van der Waals surface area (Å²) < 4.78 is 7.67. The fourth-order valence-electron chi connectivity index (χ4n) is 3.16. The van der Waals surface area contributed by atoms with Crippen LogP contribution in [0.3, 0.4) is 0 Å². The van der Waals surface area contributed by atoms with E-state index in [1.165, 1.54) is 11.8 Å². The number of aryl methyl sites for hydroxylation is 3. The fraction of sp³-hybridized carbons (Fsp3) is 0.300. The summed E-state index contributed by atoms with van der Waals surface area (Å²) in [6.07, 6.45) is 2.67. The molecule has 150 valence electrons. The van der Waals surface area contributed by atoms with Crippen LogP contribution in [-0.2, 0) is 11.3 Å². The lowest BCUT2D eigenvalue weighted by molar-refractivity contribution is -0.118. The van der Waals surface area contributed by atoms with E-state index in [2.05, 4.69) is 25.6 Å². The first-order valence-electron chi connectivity index (χ1n) is 9.40. The van der Waals surface area contributed by atoms with Crippen LogP contribution in [0.25, 0.3) is 22.4 Å². The van der Waals surface area contributed by atoms with Crippen LogP contribution in [0.15, 0.2) is 46.2 Å². The average Bonchev–Trinajstić information content (AvgIpc) is 3.42. The molecule has 0 aliphatic heterocycles. The minimum absolute atomic E-state index is 0.0600. The van der Waals surface area contributed by atoms with E-state index in [9.17, 15) is 4.79 Å². The van der Waals surface area contributed by atoms with Crippen molar-refractivity contribution < 1.29 is 9.21 Å². The van der Waals surface area contributed by atoms with Crippen molar-refractivity contribution >= 4 is 28.6 Å². The number of aromatic nitrogens is 5. The molecule has 0 spiro atoms. The minimum Gasteiger partial charge on any atom is -0.411 e. The molecule has 8 nitrogen and oxygen atoms in total. The highest BCUT2D eigenvalue weighted by Gasteiger charge is 2.14. The second-order valence-electron chi connectivity index (χ2n) is 6.76. The maximum absolute atomic E-state index is 12.1. The Hall–Kier alpha value is -3.07. The fourth-order valence-corrected chi connectivity index (χ4v) is 3.75. The Morgan fingerprint density at radius 3 is 2.97 bits per heavy atom. The summed E-state index contributed by atoms with van der Waals surface area (Å²) in [5.74, 6) is 0.612. The van der Waals surface area contributed by atoms with Crippen molar-refractivity contribution in [3.05, 3.63) is 47.9 Å². The third kappa shape index (κ3) is 4.51. The van der Waals surface area contributed by atoms with Gasteiger partial charge in [-0.05, 0) is 32.4 Å². The number of thioether (sulfide) groups is 1. The van der Waals surface area contributed by atoms with Crippen molar-refractivity contribution in [3.63, 3.8) is 0 Å². The molecule has 0 saturated carbocycles. The molecule has 29 heavy (non-hydrogen) atoms. The van der Waals surface area contributed by atoms with Gasteiger partial charge in [0.25, 0.3) is 11.1 Å². The lowest BCUT2D eigenvalue weighted by atomic mass is 10.2. The van der Waals surface area contributed by atoms with Gasteiger partial charge >= 0.3 is 0 Å². The smallest absolute Gasteiger partial charge is 0.277 e. The van der Waals surface area contributed by atoms with Crippen LogP contribution < -0.4 is 5.32 Å². The highest BCUT2D eigenvalue weighted by Crippen LogP contribution is 2.29. The third-order valence-electron chi connectivity index (χ3n) is 4.53. The maximum Gasteiger partial charge on any atom is 0.277 e. The lowest BCUT2D eigenvalue weighted by Gasteiger charge is -2.06. The van der Waals surface area contributed by atoms with E-state index in [0.29, 0.717) is 17.7 Å². The van der Waals surface area contributed by atoms with Crippen LogP contribution in [0.2, 0.25) is 0 Å². The number of aromatic amines is 1. The molecule has 3 heterocycles. The zero-order chi connectivity index (χ0) is 20.2. The number of amides is 1. The molecule has 0 radical (unpaired) electrons. The molecule has 0 unspecified atom stereocenters. The molecule has 4 aromatic rings. The van der Waals surface area contributed by atoms with E-state index in [-0.39, 0.29) is 11.7 Å². The number of benzene rings is 1. The van der Waals surface area contributed by atoms with Crippen molar-refractivity contribution in [1.29, 1.82) is 0 Å². The first kappa shape index (κ1) is 19.3. The molecule has 1 aromatic carbocycles.